The monoisotopic (exact) mass is 629 g/mol. The highest BCUT2D eigenvalue weighted by molar-refractivity contribution is 6.41. The van der Waals surface area contributed by atoms with Gasteiger partial charge in [0.1, 0.15) is 23.1 Å². The van der Waals surface area contributed by atoms with E-state index in [4.69, 9.17) is 52.1 Å². The molecule has 10 nitrogen and oxygen atoms in total. The topological polar surface area (TPSA) is 107 Å². The Kier molecular flexibility index (Phi) is 9.51. The number of pyridine rings is 2. The summed E-state index contributed by atoms with van der Waals surface area (Å²) in [6.07, 6.45) is 5.44. The third kappa shape index (κ3) is 6.47. The first kappa shape index (κ1) is 31.1. The van der Waals surface area contributed by atoms with Gasteiger partial charge in [0.15, 0.2) is 0 Å². The van der Waals surface area contributed by atoms with E-state index in [-0.39, 0.29) is 23.6 Å². The number of piperidine rings is 1. The van der Waals surface area contributed by atoms with E-state index < -0.39 is 0 Å². The maximum atomic E-state index is 12.0. The van der Waals surface area contributed by atoms with E-state index in [0.717, 1.165) is 42.5 Å². The Hall–Kier alpha value is -3.31. The normalized spacial score (nSPS) is 20.0. The van der Waals surface area contributed by atoms with Crippen molar-refractivity contribution in [1.29, 1.82) is 0 Å². The molecule has 2 aliphatic heterocycles. The molecule has 2 aliphatic rings. The van der Waals surface area contributed by atoms with Crippen LogP contribution in [-0.2, 0) is 14.3 Å². The van der Waals surface area contributed by atoms with Crippen molar-refractivity contribution >= 4 is 51.5 Å². The van der Waals surface area contributed by atoms with Crippen LogP contribution < -0.4 is 25.0 Å². The number of ether oxygens (including phenoxy) is 4. The van der Waals surface area contributed by atoms with Gasteiger partial charge in [-0.05, 0) is 44.4 Å². The Morgan fingerprint density at radius 3 is 2.44 bits per heavy atom. The number of rotatable bonds is 9. The lowest BCUT2D eigenvalue weighted by molar-refractivity contribution is -0.117. The fourth-order valence-electron chi connectivity index (χ4n) is 5.57. The number of benzene rings is 1. The van der Waals surface area contributed by atoms with E-state index in [1.807, 2.05) is 12.1 Å². The van der Waals surface area contributed by atoms with Crippen molar-refractivity contribution in [3.8, 4) is 22.8 Å². The maximum Gasteiger partial charge on any atom is 0.243 e. The summed E-state index contributed by atoms with van der Waals surface area (Å²) in [5.74, 6) is 2.07. The Labute approximate surface area is 261 Å². The van der Waals surface area contributed by atoms with Gasteiger partial charge in [-0.1, -0.05) is 29.8 Å². The molecule has 5 rings (SSSR count). The lowest BCUT2D eigenvalue weighted by Crippen LogP contribution is -2.52. The number of methoxy groups -OCH3 is 3. The Bertz CT molecular complexity index is 1480. The van der Waals surface area contributed by atoms with E-state index in [1.54, 1.807) is 33.6 Å². The molecule has 2 fully saturated rings. The van der Waals surface area contributed by atoms with Gasteiger partial charge < -0.3 is 34.5 Å². The van der Waals surface area contributed by atoms with Gasteiger partial charge in [0.25, 0.3) is 0 Å². The number of nitrogens with one attached hydrogen (secondary N) is 2. The summed E-state index contributed by atoms with van der Waals surface area (Å²) in [5.41, 5.74) is 0.894. The summed E-state index contributed by atoms with van der Waals surface area (Å²) in [7, 11) is 4.84. The summed E-state index contributed by atoms with van der Waals surface area (Å²) < 4.78 is 22.5. The van der Waals surface area contributed by atoms with Crippen LogP contribution in [0.4, 0.5) is 11.6 Å². The Balaban J connectivity index is 1.59. The molecule has 3 aromatic rings. The third-order valence-corrected chi connectivity index (χ3v) is 9.09. The molecule has 4 heterocycles. The van der Waals surface area contributed by atoms with Crippen LogP contribution in [0.15, 0.2) is 37.1 Å². The zero-order valence-electron chi connectivity index (χ0n) is 24.8. The molecule has 2 atom stereocenters. The van der Waals surface area contributed by atoms with Crippen LogP contribution in [0.25, 0.3) is 22.0 Å². The molecule has 0 saturated carbocycles. The predicted octanol–water partition coefficient (Wildman–Crippen LogP) is 5.50. The van der Waals surface area contributed by atoms with Crippen LogP contribution in [0.2, 0.25) is 10.0 Å². The van der Waals surface area contributed by atoms with E-state index in [1.165, 1.54) is 6.08 Å². The van der Waals surface area contributed by atoms with Crippen molar-refractivity contribution in [2.24, 2.45) is 0 Å². The molecular formula is C31H37Cl2N5O5. The number of hydrogen-bond donors (Lipinski definition) is 2. The summed E-state index contributed by atoms with van der Waals surface area (Å²) in [6.45, 7) is 8.20. The molecule has 2 saturated heterocycles. The maximum absolute atomic E-state index is 12.0. The fourth-order valence-corrected chi connectivity index (χ4v) is 6.26. The minimum absolute atomic E-state index is 0.127. The van der Waals surface area contributed by atoms with Crippen LogP contribution in [0.5, 0.6) is 11.5 Å². The molecule has 1 aromatic carbocycles. The summed E-state index contributed by atoms with van der Waals surface area (Å²) in [6, 6.07) is 5.27. The standard InChI is InChI=1S/C31H37Cl2N5O5/c1-6-26(39)36-20-7-12-43-17-22(20)35-25-14-19-18(16-34-25)13-21(27-28(32)23(40-3)15-24(41-4)29(27)33)37-30(19)38-10-8-31(2,42-5)9-11-38/h6,13-16,20,22H,1,7-12,17H2,2-5H3,(H,34,35)(H,36,39)/t20-,22+/m0/s1. The minimum atomic E-state index is -0.219. The van der Waals surface area contributed by atoms with E-state index in [0.29, 0.717) is 58.3 Å². The van der Waals surface area contributed by atoms with Gasteiger partial charge in [0.05, 0.1) is 54.3 Å². The Morgan fingerprint density at radius 1 is 1.12 bits per heavy atom. The van der Waals surface area contributed by atoms with Gasteiger partial charge in [0.2, 0.25) is 5.91 Å². The highest BCUT2D eigenvalue weighted by Gasteiger charge is 2.32. The number of aromatic nitrogens is 2. The second-order valence-electron chi connectivity index (χ2n) is 11.0. The lowest BCUT2D eigenvalue weighted by Gasteiger charge is -2.39. The third-order valence-electron chi connectivity index (χ3n) is 8.34. The Morgan fingerprint density at radius 2 is 1.81 bits per heavy atom. The zero-order valence-corrected chi connectivity index (χ0v) is 26.3. The van der Waals surface area contributed by atoms with Crippen LogP contribution in [-0.4, -0.2) is 81.2 Å². The number of halogens is 2. The molecule has 0 radical (unpaired) electrons. The molecule has 12 heteroatoms. The number of nitrogens with zero attached hydrogens (tertiary/aromatic N) is 3. The van der Waals surface area contributed by atoms with E-state index in [9.17, 15) is 4.79 Å². The molecular weight excluding hydrogens is 593 g/mol. The van der Waals surface area contributed by atoms with Crippen LogP contribution in [0, 0.1) is 0 Å². The fraction of sp³-hybridized carbons (Fsp3) is 0.452. The molecule has 0 bridgehead atoms. The van der Waals surface area contributed by atoms with E-state index >= 15 is 0 Å². The second kappa shape index (κ2) is 13.1. The van der Waals surface area contributed by atoms with Crippen LogP contribution >= 0.6 is 23.2 Å². The minimum Gasteiger partial charge on any atom is -0.495 e. The number of carbonyl (C=O) groups excluding carboxylic acids is 1. The molecule has 0 unspecified atom stereocenters. The molecule has 2 N–H and O–H groups in total. The van der Waals surface area contributed by atoms with Gasteiger partial charge in [-0.25, -0.2) is 9.97 Å². The van der Waals surface area contributed by atoms with Crippen molar-refractivity contribution in [3.05, 3.63) is 47.1 Å². The quantitative estimate of drug-likeness (QED) is 0.297. The van der Waals surface area contributed by atoms with E-state index in [2.05, 4.69) is 29.0 Å². The van der Waals surface area contributed by atoms with Gasteiger partial charge in [-0.15, -0.1) is 0 Å². The van der Waals surface area contributed by atoms with Gasteiger partial charge in [0, 0.05) is 55.4 Å². The van der Waals surface area contributed by atoms with Crippen molar-refractivity contribution in [1.82, 2.24) is 15.3 Å². The number of amides is 1. The van der Waals surface area contributed by atoms with Crippen LogP contribution in [0.3, 0.4) is 0 Å². The largest absolute Gasteiger partial charge is 0.495 e. The van der Waals surface area contributed by atoms with Crippen molar-refractivity contribution in [2.75, 3.05) is 57.8 Å². The number of hydrogen-bond acceptors (Lipinski definition) is 9. The van der Waals surface area contributed by atoms with Crippen molar-refractivity contribution in [3.63, 3.8) is 0 Å². The molecule has 43 heavy (non-hydrogen) atoms. The second-order valence-corrected chi connectivity index (χ2v) is 11.7. The van der Waals surface area contributed by atoms with Crippen molar-refractivity contribution < 1.29 is 23.7 Å². The first-order valence-electron chi connectivity index (χ1n) is 14.2. The first-order chi connectivity index (χ1) is 20.7. The highest BCUT2D eigenvalue weighted by Crippen LogP contribution is 2.47. The number of fused-ring (bicyclic) bond motifs is 1. The summed E-state index contributed by atoms with van der Waals surface area (Å²) in [4.78, 5) is 24.2. The average Bonchev–Trinajstić information content (AvgIpc) is 3.02. The van der Waals surface area contributed by atoms with Crippen LogP contribution in [0.1, 0.15) is 26.2 Å². The van der Waals surface area contributed by atoms with Crippen molar-refractivity contribution in [2.45, 2.75) is 43.9 Å². The number of carbonyl (C=O) groups is 1. The molecule has 0 aliphatic carbocycles. The molecule has 2 aromatic heterocycles. The van der Waals surface area contributed by atoms with Gasteiger partial charge in [-0.3, -0.25) is 4.79 Å². The summed E-state index contributed by atoms with van der Waals surface area (Å²) >= 11 is 13.6. The molecule has 230 valence electrons. The molecule has 1 amide bonds. The lowest BCUT2D eigenvalue weighted by atomic mass is 9.93. The summed E-state index contributed by atoms with van der Waals surface area (Å²) in [5, 5.41) is 8.92. The SMILES string of the molecule is C=CC(=O)N[C@H]1CCOC[C@H]1Nc1cc2c(N3CCC(C)(OC)CC3)nc(-c3c(Cl)c(OC)cc(OC)c3Cl)cc2cn1. The van der Waals surface area contributed by atoms with Gasteiger partial charge in [-0.2, -0.15) is 0 Å². The van der Waals surface area contributed by atoms with Gasteiger partial charge >= 0.3 is 0 Å². The number of anilines is 2. The first-order valence-corrected chi connectivity index (χ1v) is 14.9. The highest BCUT2D eigenvalue weighted by atomic mass is 35.5. The average molecular weight is 631 g/mol. The predicted molar refractivity (Wildman–Crippen MR) is 170 cm³/mol. The zero-order chi connectivity index (χ0) is 30.7. The molecule has 0 spiro atoms. The smallest absolute Gasteiger partial charge is 0.243 e.